The number of nitriles is 1. The summed E-state index contributed by atoms with van der Waals surface area (Å²) in [5.74, 6) is -0.734. The summed E-state index contributed by atoms with van der Waals surface area (Å²) in [6.07, 6.45) is 2.72. The van der Waals surface area contributed by atoms with Gasteiger partial charge in [-0.05, 0) is 36.5 Å². The van der Waals surface area contributed by atoms with E-state index in [0.29, 0.717) is 18.7 Å². The number of likely N-dealkylation sites (tertiary alicyclic amines) is 1. The van der Waals surface area contributed by atoms with Gasteiger partial charge < -0.3 is 15.3 Å². The standard InChI is InChI=1S/C17H19N3O3/c18-8-6-12-3-1-5-14(9-12)19-16(23)20-10-13-4-2-7-17(13,11-20)15(21)22/h1,3,5,9,13H,2,4,6-7,10-11H2,(H,19,23)(H,21,22)/t13-,17+/m0/s1. The number of carboxylic acid groups (broad SMARTS) is 1. The summed E-state index contributed by atoms with van der Waals surface area (Å²) >= 11 is 0. The third kappa shape index (κ3) is 2.74. The molecule has 1 aliphatic carbocycles. The minimum Gasteiger partial charge on any atom is -0.481 e. The Labute approximate surface area is 134 Å². The fraction of sp³-hybridized carbons (Fsp3) is 0.471. The van der Waals surface area contributed by atoms with E-state index in [0.717, 1.165) is 18.4 Å². The van der Waals surface area contributed by atoms with Crippen molar-refractivity contribution < 1.29 is 14.7 Å². The molecule has 1 aliphatic heterocycles. The fourth-order valence-corrected chi connectivity index (χ4v) is 3.85. The van der Waals surface area contributed by atoms with E-state index in [2.05, 4.69) is 11.4 Å². The molecule has 2 fully saturated rings. The zero-order chi connectivity index (χ0) is 16.4. The molecule has 2 atom stereocenters. The van der Waals surface area contributed by atoms with E-state index in [1.165, 1.54) is 0 Å². The van der Waals surface area contributed by atoms with E-state index in [9.17, 15) is 14.7 Å². The van der Waals surface area contributed by atoms with Gasteiger partial charge in [-0.15, -0.1) is 0 Å². The molecule has 3 rings (SSSR count). The highest BCUT2D eigenvalue weighted by Gasteiger charge is 2.55. The molecule has 6 nitrogen and oxygen atoms in total. The highest BCUT2D eigenvalue weighted by atomic mass is 16.4. The summed E-state index contributed by atoms with van der Waals surface area (Å²) in [5.41, 5.74) is 0.703. The molecule has 6 heteroatoms. The van der Waals surface area contributed by atoms with Crippen LogP contribution in [0.15, 0.2) is 24.3 Å². The monoisotopic (exact) mass is 313 g/mol. The van der Waals surface area contributed by atoms with Crippen LogP contribution in [0.4, 0.5) is 10.5 Å². The Morgan fingerprint density at radius 2 is 2.30 bits per heavy atom. The van der Waals surface area contributed by atoms with Gasteiger partial charge in [-0.1, -0.05) is 18.6 Å². The number of nitrogens with one attached hydrogen (secondary N) is 1. The largest absolute Gasteiger partial charge is 0.481 e. The molecule has 0 radical (unpaired) electrons. The van der Waals surface area contributed by atoms with Crippen LogP contribution in [0.5, 0.6) is 0 Å². The summed E-state index contributed by atoms with van der Waals surface area (Å²) in [6, 6.07) is 8.96. The van der Waals surface area contributed by atoms with Gasteiger partial charge in [0.1, 0.15) is 0 Å². The predicted molar refractivity (Wildman–Crippen MR) is 83.8 cm³/mol. The number of benzene rings is 1. The molecule has 2 aliphatic rings. The number of carbonyl (C=O) groups excluding carboxylic acids is 1. The minimum absolute atomic E-state index is 0.0515. The van der Waals surface area contributed by atoms with Crippen LogP contribution >= 0.6 is 0 Å². The molecule has 23 heavy (non-hydrogen) atoms. The lowest BCUT2D eigenvalue weighted by molar-refractivity contribution is -0.149. The fourth-order valence-electron chi connectivity index (χ4n) is 3.85. The van der Waals surface area contributed by atoms with E-state index in [1.54, 1.807) is 23.1 Å². The maximum Gasteiger partial charge on any atom is 0.321 e. The van der Waals surface area contributed by atoms with Crippen LogP contribution in [-0.4, -0.2) is 35.1 Å². The van der Waals surface area contributed by atoms with E-state index in [1.807, 2.05) is 6.07 Å². The number of rotatable bonds is 3. The van der Waals surface area contributed by atoms with Crippen molar-refractivity contribution in [2.24, 2.45) is 11.3 Å². The predicted octanol–water partition coefficient (Wildman–Crippen LogP) is 2.47. The number of anilines is 1. The SMILES string of the molecule is N#CCc1cccc(NC(=O)N2C[C@@H]3CCC[C@@]3(C(=O)O)C2)c1. The van der Waals surface area contributed by atoms with E-state index >= 15 is 0 Å². The van der Waals surface area contributed by atoms with Gasteiger partial charge >= 0.3 is 12.0 Å². The average molecular weight is 313 g/mol. The molecular formula is C17H19N3O3. The second-order valence-electron chi connectivity index (χ2n) is 6.40. The Bertz CT molecular complexity index is 682. The maximum atomic E-state index is 12.4. The second kappa shape index (κ2) is 5.92. The Morgan fingerprint density at radius 3 is 3.00 bits per heavy atom. The van der Waals surface area contributed by atoms with Crippen LogP contribution in [-0.2, 0) is 11.2 Å². The van der Waals surface area contributed by atoms with Crippen molar-refractivity contribution in [3.8, 4) is 6.07 Å². The number of carboxylic acids is 1. The van der Waals surface area contributed by atoms with Gasteiger partial charge in [0.15, 0.2) is 0 Å². The zero-order valence-corrected chi connectivity index (χ0v) is 12.8. The Balaban J connectivity index is 1.69. The van der Waals surface area contributed by atoms with Gasteiger partial charge in [0.2, 0.25) is 0 Å². The third-order valence-corrected chi connectivity index (χ3v) is 5.05. The van der Waals surface area contributed by atoms with E-state index in [-0.39, 0.29) is 24.9 Å². The van der Waals surface area contributed by atoms with Gasteiger partial charge in [-0.2, -0.15) is 5.26 Å². The average Bonchev–Trinajstić information content (AvgIpc) is 3.05. The lowest BCUT2D eigenvalue weighted by Crippen LogP contribution is -2.38. The number of fused-ring (bicyclic) bond motifs is 1. The first kappa shape index (κ1) is 15.3. The van der Waals surface area contributed by atoms with Gasteiger partial charge in [-0.25, -0.2) is 4.79 Å². The van der Waals surface area contributed by atoms with Gasteiger partial charge in [0.05, 0.1) is 17.9 Å². The van der Waals surface area contributed by atoms with E-state index in [4.69, 9.17) is 5.26 Å². The van der Waals surface area contributed by atoms with Crippen molar-refractivity contribution in [3.05, 3.63) is 29.8 Å². The Kier molecular flexibility index (Phi) is 3.95. The highest BCUT2D eigenvalue weighted by molar-refractivity contribution is 5.90. The van der Waals surface area contributed by atoms with Gasteiger partial charge in [-0.3, -0.25) is 4.79 Å². The topological polar surface area (TPSA) is 93.4 Å². The normalized spacial score (nSPS) is 25.7. The summed E-state index contributed by atoms with van der Waals surface area (Å²) in [7, 11) is 0. The molecule has 1 aromatic rings. The summed E-state index contributed by atoms with van der Waals surface area (Å²) in [4.78, 5) is 25.7. The molecule has 0 spiro atoms. The Hall–Kier alpha value is -2.55. The highest BCUT2D eigenvalue weighted by Crippen LogP contribution is 2.48. The van der Waals surface area contributed by atoms with Crippen molar-refractivity contribution in [2.75, 3.05) is 18.4 Å². The molecule has 120 valence electrons. The number of aliphatic carboxylic acids is 1. The summed E-state index contributed by atoms with van der Waals surface area (Å²) in [5, 5.41) is 21.1. The van der Waals surface area contributed by atoms with Crippen molar-refractivity contribution >= 4 is 17.7 Å². The van der Waals surface area contributed by atoms with Crippen molar-refractivity contribution in [1.29, 1.82) is 5.26 Å². The molecule has 1 saturated carbocycles. The minimum atomic E-state index is -0.786. The maximum absolute atomic E-state index is 12.4. The van der Waals surface area contributed by atoms with Crippen LogP contribution in [0.3, 0.4) is 0 Å². The first-order valence-electron chi connectivity index (χ1n) is 7.80. The molecule has 0 aromatic heterocycles. The number of amides is 2. The molecule has 2 amide bonds. The van der Waals surface area contributed by atoms with Crippen LogP contribution in [0, 0.1) is 22.7 Å². The molecular weight excluding hydrogens is 294 g/mol. The van der Waals surface area contributed by atoms with Crippen molar-refractivity contribution in [3.63, 3.8) is 0 Å². The number of carbonyl (C=O) groups is 2. The quantitative estimate of drug-likeness (QED) is 0.896. The van der Waals surface area contributed by atoms with Gasteiger partial charge in [0, 0.05) is 18.8 Å². The van der Waals surface area contributed by atoms with Gasteiger partial charge in [0.25, 0.3) is 0 Å². The molecule has 2 N–H and O–H groups in total. The van der Waals surface area contributed by atoms with Crippen LogP contribution in [0.25, 0.3) is 0 Å². The van der Waals surface area contributed by atoms with Crippen LogP contribution < -0.4 is 5.32 Å². The molecule has 1 saturated heterocycles. The third-order valence-electron chi connectivity index (χ3n) is 5.05. The first-order valence-corrected chi connectivity index (χ1v) is 7.80. The smallest absolute Gasteiger partial charge is 0.321 e. The summed E-state index contributed by atoms with van der Waals surface area (Å²) in [6.45, 7) is 0.771. The van der Waals surface area contributed by atoms with Crippen LogP contribution in [0.1, 0.15) is 24.8 Å². The number of urea groups is 1. The number of hydrogen-bond acceptors (Lipinski definition) is 3. The summed E-state index contributed by atoms with van der Waals surface area (Å²) < 4.78 is 0. The number of hydrogen-bond donors (Lipinski definition) is 2. The number of nitrogens with zero attached hydrogens (tertiary/aromatic N) is 2. The Morgan fingerprint density at radius 1 is 1.48 bits per heavy atom. The van der Waals surface area contributed by atoms with Crippen molar-refractivity contribution in [1.82, 2.24) is 4.90 Å². The molecule has 1 aromatic carbocycles. The lowest BCUT2D eigenvalue weighted by Gasteiger charge is -2.23. The van der Waals surface area contributed by atoms with Crippen LogP contribution in [0.2, 0.25) is 0 Å². The molecule has 0 bridgehead atoms. The zero-order valence-electron chi connectivity index (χ0n) is 12.8. The lowest BCUT2D eigenvalue weighted by atomic mass is 9.81. The van der Waals surface area contributed by atoms with E-state index < -0.39 is 11.4 Å². The molecule has 1 heterocycles. The second-order valence-corrected chi connectivity index (χ2v) is 6.40. The first-order chi connectivity index (χ1) is 11.0. The molecule has 0 unspecified atom stereocenters. The van der Waals surface area contributed by atoms with Crippen molar-refractivity contribution in [2.45, 2.75) is 25.7 Å².